The molecule has 142 valence electrons. The molecule has 1 heterocycles. The number of nitrogens with zero attached hydrogens (tertiary/aromatic N) is 2. The molecule has 1 aliphatic rings. The van der Waals surface area contributed by atoms with Gasteiger partial charge in [0.1, 0.15) is 6.61 Å². The standard InChI is InChI=1S/C17H34N2O5/c1-15(2)18-5-7-19(8-6-18)17(20)24-14-12-22-10-9-21-11-13-23-16(3)4/h15-16H,5-14H2,1-4H3. The summed E-state index contributed by atoms with van der Waals surface area (Å²) in [7, 11) is 0. The predicted molar refractivity (Wildman–Crippen MR) is 92.4 cm³/mol. The lowest BCUT2D eigenvalue weighted by molar-refractivity contribution is -0.00927. The van der Waals surface area contributed by atoms with Crippen LogP contribution in [0.5, 0.6) is 0 Å². The molecule has 24 heavy (non-hydrogen) atoms. The number of ether oxygens (including phenoxy) is 4. The highest BCUT2D eigenvalue weighted by Crippen LogP contribution is 2.06. The molecule has 0 spiro atoms. The summed E-state index contributed by atoms with van der Waals surface area (Å²) in [5.74, 6) is 0. The highest BCUT2D eigenvalue weighted by Gasteiger charge is 2.23. The molecule has 0 radical (unpaired) electrons. The molecular formula is C17H34N2O5. The molecule has 0 aromatic carbocycles. The van der Waals surface area contributed by atoms with Gasteiger partial charge in [0, 0.05) is 32.2 Å². The van der Waals surface area contributed by atoms with E-state index in [1.807, 2.05) is 13.8 Å². The maximum Gasteiger partial charge on any atom is 0.409 e. The van der Waals surface area contributed by atoms with Crippen LogP contribution in [0.1, 0.15) is 27.7 Å². The molecule has 1 fully saturated rings. The minimum atomic E-state index is -0.246. The molecule has 1 aliphatic heterocycles. The van der Waals surface area contributed by atoms with E-state index in [0.29, 0.717) is 39.1 Å². The number of carbonyl (C=O) groups is 1. The first kappa shape index (κ1) is 21.2. The average molecular weight is 346 g/mol. The van der Waals surface area contributed by atoms with E-state index >= 15 is 0 Å². The second kappa shape index (κ2) is 12.5. The Morgan fingerprint density at radius 1 is 0.833 bits per heavy atom. The van der Waals surface area contributed by atoms with Crippen molar-refractivity contribution < 1.29 is 23.7 Å². The van der Waals surface area contributed by atoms with E-state index in [4.69, 9.17) is 18.9 Å². The van der Waals surface area contributed by atoms with Gasteiger partial charge in [0.25, 0.3) is 0 Å². The fraction of sp³-hybridized carbons (Fsp3) is 0.941. The number of hydrogen-bond acceptors (Lipinski definition) is 6. The van der Waals surface area contributed by atoms with Gasteiger partial charge in [-0.05, 0) is 27.7 Å². The van der Waals surface area contributed by atoms with Gasteiger partial charge in [-0.2, -0.15) is 0 Å². The Morgan fingerprint density at radius 3 is 1.92 bits per heavy atom. The summed E-state index contributed by atoms with van der Waals surface area (Å²) in [6, 6.07) is 0.524. The van der Waals surface area contributed by atoms with Crippen molar-refractivity contribution >= 4 is 6.09 Å². The Bertz CT molecular complexity index is 331. The summed E-state index contributed by atoms with van der Waals surface area (Å²) in [6.07, 6.45) is -0.0167. The van der Waals surface area contributed by atoms with Gasteiger partial charge in [0.15, 0.2) is 0 Å². The van der Waals surface area contributed by atoms with Crippen LogP contribution in [0.4, 0.5) is 4.79 Å². The molecule has 1 saturated heterocycles. The van der Waals surface area contributed by atoms with E-state index in [0.717, 1.165) is 26.2 Å². The number of piperazine rings is 1. The summed E-state index contributed by atoms with van der Waals surface area (Å²) in [5.41, 5.74) is 0. The van der Waals surface area contributed by atoms with Crippen molar-refractivity contribution in [2.24, 2.45) is 0 Å². The number of amides is 1. The normalized spacial score (nSPS) is 16.2. The molecular weight excluding hydrogens is 312 g/mol. The number of hydrogen-bond donors (Lipinski definition) is 0. The van der Waals surface area contributed by atoms with E-state index in [1.54, 1.807) is 4.90 Å². The molecule has 1 amide bonds. The lowest BCUT2D eigenvalue weighted by atomic mass is 10.2. The summed E-state index contributed by atoms with van der Waals surface area (Å²) < 4.78 is 21.3. The monoisotopic (exact) mass is 346 g/mol. The van der Waals surface area contributed by atoms with Crippen LogP contribution in [-0.2, 0) is 18.9 Å². The fourth-order valence-corrected chi connectivity index (χ4v) is 2.36. The lowest BCUT2D eigenvalue weighted by Crippen LogP contribution is -2.50. The highest BCUT2D eigenvalue weighted by atomic mass is 16.6. The molecule has 0 aromatic heterocycles. The Morgan fingerprint density at radius 2 is 1.38 bits per heavy atom. The molecule has 0 atom stereocenters. The molecule has 7 heteroatoms. The van der Waals surface area contributed by atoms with Crippen molar-refractivity contribution in [2.45, 2.75) is 39.8 Å². The van der Waals surface area contributed by atoms with Gasteiger partial charge in [-0.1, -0.05) is 0 Å². The third-order valence-corrected chi connectivity index (χ3v) is 3.81. The van der Waals surface area contributed by atoms with Crippen molar-refractivity contribution in [1.29, 1.82) is 0 Å². The van der Waals surface area contributed by atoms with Crippen LogP contribution >= 0.6 is 0 Å². The van der Waals surface area contributed by atoms with Gasteiger partial charge in [-0.15, -0.1) is 0 Å². The third-order valence-electron chi connectivity index (χ3n) is 3.81. The van der Waals surface area contributed by atoms with E-state index in [2.05, 4.69) is 18.7 Å². The number of carbonyl (C=O) groups excluding carboxylic acids is 1. The van der Waals surface area contributed by atoms with Crippen molar-refractivity contribution in [3.63, 3.8) is 0 Å². The summed E-state index contributed by atoms with van der Waals surface area (Å²) in [6.45, 7) is 14.4. The average Bonchev–Trinajstić information content (AvgIpc) is 2.56. The van der Waals surface area contributed by atoms with Gasteiger partial charge >= 0.3 is 6.09 Å². The largest absolute Gasteiger partial charge is 0.447 e. The first-order valence-corrected chi connectivity index (χ1v) is 8.93. The van der Waals surface area contributed by atoms with Crippen LogP contribution in [0.15, 0.2) is 0 Å². The Hall–Kier alpha value is -0.890. The van der Waals surface area contributed by atoms with Crippen molar-refractivity contribution in [3.8, 4) is 0 Å². The van der Waals surface area contributed by atoms with Crippen molar-refractivity contribution in [1.82, 2.24) is 9.80 Å². The molecule has 0 unspecified atom stereocenters. The molecule has 0 aromatic rings. The van der Waals surface area contributed by atoms with Gasteiger partial charge in [0.2, 0.25) is 0 Å². The number of rotatable bonds is 11. The maximum atomic E-state index is 11.9. The van der Waals surface area contributed by atoms with E-state index < -0.39 is 0 Å². The second-order valence-corrected chi connectivity index (χ2v) is 6.38. The molecule has 1 rings (SSSR count). The second-order valence-electron chi connectivity index (χ2n) is 6.38. The predicted octanol–water partition coefficient (Wildman–Crippen LogP) is 1.61. The van der Waals surface area contributed by atoms with Gasteiger partial charge in [0.05, 0.1) is 39.1 Å². The SMILES string of the molecule is CC(C)OCCOCCOCCOC(=O)N1CCN(C(C)C)CC1. The van der Waals surface area contributed by atoms with Crippen LogP contribution in [0.3, 0.4) is 0 Å². The van der Waals surface area contributed by atoms with E-state index in [-0.39, 0.29) is 18.8 Å². The Kier molecular flexibility index (Phi) is 11.0. The first-order valence-electron chi connectivity index (χ1n) is 8.93. The van der Waals surface area contributed by atoms with Crippen LogP contribution in [-0.4, -0.2) is 93.9 Å². The quantitative estimate of drug-likeness (QED) is 0.530. The van der Waals surface area contributed by atoms with Crippen molar-refractivity contribution in [3.05, 3.63) is 0 Å². The minimum absolute atomic E-state index is 0.230. The first-order chi connectivity index (χ1) is 11.5. The fourth-order valence-electron chi connectivity index (χ4n) is 2.36. The van der Waals surface area contributed by atoms with Crippen LogP contribution < -0.4 is 0 Å². The van der Waals surface area contributed by atoms with Gasteiger partial charge in [-0.3, -0.25) is 4.90 Å². The zero-order valence-electron chi connectivity index (χ0n) is 15.7. The molecule has 0 saturated carbocycles. The molecule has 0 aliphatic carbocycles. The van der Waals surface area contributed by atoms with Crippen LogP contribution in [0, 0.1) is 0 Å². The maximum absolute atomic E-state index is 11.9. The summed E-state index contributed by atoms with van der Waals surface area (Å²) in [5, 5.41) is 0. The zero-order chi connectivity index (χ0) is 17.8. The van der Waals surface area contributed by atoms with E-state index in [9.17, 15) is 4.79 Å². The molecule has 0 bridgehead atoms. The smallest absolute Gasteiger partial charge is 0.409 e. The summed E-state index contributed by atoms with van der Waals surface area (Å²) >= 11 is 0. The topological polar surface area (TPSA) is 60.5 Å². The highest BCUT2D eigenvalue weighted by molar-refractivity contribution is 5.67. The van der Waals surface area contributed by atoms with Crippen LogP contribution in [0.2, 0.25) is 0 Å². The Balaban J connectivity index is 1.91. The van der Waals surface area contributed by atoms with Gasteiger partial charge in [-0.25, -0.2) is 4.79 Å². The van der Waals surface area contributed by atoms with Crippen molar-refractivity contribution in [2.75, 3.05) is 65.8 Å². The molecule has 7 nitrogen and oxygen atoms in total. The lowest BCUT2D eigenvalue weighted by Gasteiger charge is -2.36. The summed E-state index contributed by atoms with van der Waals surface area (Å²) in [4.78, 5) is 16.0. The minimum Gasteiger partial charge on any atom is -0.447 e. The Labute approximate surface area is 146 Å². The van der Waals surface area contributed by atoms with Gasteiger partial charge < -0.3 is 23.8 Å². The van der Waals surface area contributed by atoms with Crippen LogP contribution in [0.25, 0.3) is 0 Å². The molecule has 0 N–H and O–H groups in total. The third kappa shape index (κ3) is 9.42. The zero-order valence-corrected chi connectivity index (χ0v) is 15.7. The van der Waals surface area contributed by atoms with E-state index in [1.165, 1.54) is 0 Å².